The van der Waals surface area contributed by atoms with Crippen molar-refractivity contribution in [3.63, 3.8) is 0 Å². The third-order valence-corrected chi connectivity index (χ3v) is 6.95. The second-order valence-corrected chi connectivity index (χ2v) is 9.32. The summed E-state index contributed by atoms with van der Waals surface area (Å²) < 4.78 is 17.3. The molecule has 2 N–H and O–H groups in total. The number of hydrogen-bond acceptors (Lipinski definition) is 5. The number of ether oxygens (including phenoxy) is 3. The molecule has 3 aromatic rings. The molecule has 3 aromatic carbocycles. The molecule has 0 spiro atoms. The molecule has 0 saturated carbocycles. The van der Waals surface area contributed by atoms with Gasteiger partial charge in [0.2, 0.25) is 5.91 Å². The number of nitrogens with zero attached hydrogens (tertiary/aromatic N) is 1. The first-order valence-corrected chi connectivity index (χ1v) is 11.8. The Balaban J connectivity index is 1.60. The summed E-state index contributed by atoms with van der Waals surface area (Å²) in [6.07, 6.45) is 0. The van der Waals surface area contributed by atoms with Crippen LogP contribution in [0.5, 0.6) is 17.2 Å². The van der Waals surface area contributed by atoms with E-state index in [0.717, 1.165) is 11.3 Å². The van der Waals surface area contributed by atoms with Gasteiger partial charge in [0, 0.05) is 22.0 Å². The van der Waals surface area contributed by atoms with E-state index >= 15 is 0 Å². The quantitative estimate of drug-likeness (QED) is 0.460. The lowest BCUT2D eigenvalue weighted by Crippen LogP contribution is -2.72. The predicted octanol–water partition coefficient (Wildman–Crippen LogP) is 5.16. The monoisotopic (exact) mass is 509 g/mol. The van der Waals surface area contributed by atoms with Gasteiger partial charge in [-0.1, -0.05) is 17.7 Å². The molecule has 0 unspecified atom stereocenters. The van der Waals surface area contributed by atoms with Gasteiger partial charge in [-0.25, -0.2) is 0 Å². The summed E-state index contributed by atoms with van der Waals surface area (Å²) in [5.74, 6) is 1.10. The van der Waals surface area contributed by atoms with Gasteiger partial charge in [-0.3, -0.25) is 9.69 Å². The van der Waals surface area contributed by atoms with Crippen molar-refractivity contribution >= 4 is 46.2 Å². The van der Waals surface area contributed by atoms with E-state index in [2.05, 4.69) is 10.6 Å². The van der Waals surface area contributed by atoms with E-state index in [9.17, 15) is 4.79 Å². The van der Waals surface area contributed by atoms with Crippen LogP contribution in [0.4, 0.5) is 11.4 Å². The van der Waals surface area contributed by atoms with Gasteiger partial charge in [0.15, 0.2) is 10.8 Å². The van der Waals surface area contributed by atoms with Gasteiger partial charge < -0.3 is 24.8 Å². The maximum Gasteiger partial charge on any atom is 0.236 e. The van der Waals surface area contributed by atoms with Crippen LogP contribution >= 0.6 is 23.8 Å². The Labute approximate surface area is 213 Å². The van der Waals surface area contributed by atoms with Crippen LogP contribution in [0.1, 0.15) is 18.5 Å². The van der Waals surface area contributed by atoms with E-state index in [1.165, 1.54) is 0 Å². The topological polar surface area (TPSA) is 72.1 Å². The molecule has 2 bridgehead atoms. The van der Waals surface area contributed by atoms with Crippen LogP contribution in [0.3, 0.4) is 0 Å². The number of benzene rings is 3. The largest absolute Gasteiger partial charge is 0.497 e. The van der Waals surface area contributed by atoms with E-state index in [1.807, 2.05) is 42.2 Å². The number of fused-ring (bicyclic) bond motifs is 4. The Bertz CT molecular complexity index is 1300. The Morgan fingerprint density at radius 2 is 1.80 bits per heavy atom. The van der Waals surface area contributed by atoms with Crippen LogP contribution in [0.25, 0.3) is 0 Å². The van der Waals surface area contributed by atoms with Gasteiger partial charge in [-0.15, -0.1) is 0 Å². The molecule has 2 aliphatic heterocycles. The van der Waals surface area contributed by atoms with Crippen molar-refractivity contribution in [1.82, 2.24) is 5.32 Å². The van der Waals surface area contributed by atoms with Gasteiger partial charge >= 0.3 is 0 Å². The van der Waals surface area contributed by atoms with Crippen molar-refractivity contribution in [2.75, 3.05) is 24.4 Å². The standard InChI is InChI=1S/C26H24ClN3O4S/c1-26-22(24(31)28-16-7-9-18(32-2)10-8-16)23(20-14-19(33-3)11-12-21(20)34-26)29-25(35)30(26)17-6-4-5-15(27)13-17/h4-14,22-23H,1-3H3,(H,28,31)(H,29,35)/t22-,23+,26-/m0/s1. The minimum Gasteiger partial charge on any atom is -0.497 e. The summed E-state index contributed by atoms with van der Waals surface area (Å²) >= 11 is 12.1. The number of amides is 1. The van der Waals surface area contributed by atoms with Gasteiger partial charge in [-0.2, -0.15) is 0 Å². The van der Waals surface area contributed by atoms with Gasteiger partial charge in [0.1, 0.15) is 23.2 Å². The molecule has 9 heteroatoms. The molecule has 5 rings (SSSR count). The summed E-state index contributed by atoms with van der Waals surface area (Å²) in [4.78, 5) is 15.7. The molecule has 1 amide bonds. The first-order chi connectivity index (χ1) is 16.8. The van der Waals surface area contributed by atoms with Crippen molar-refractivity contribution < 1.29 is 19.0 Å². The van der Waals surface area contributed by atoms with Crippen molar-refractivity contribution in [3.8, 4) is 17.2 Å². The summed E-state index contributed by atoms with van der Waals surface area (Å²) in [5, 5.41) is 7.40. The molecule has 0 aromatic heterocycles. The van der Waals surface area contributed by atoms with E-state index < -0.39 is 17.7 Å². The zero-order valence-electron chi connectivity index (χ0n) is 19.4. The summed E-state index contributed by atoms with van der Waals surface area (Å²) in [6, 6.07) is 19.6. The smallest absolute Gasteiger partial charge is 0.236 e. The Kier molecular flexibility index (Phi) is 5.94. The molecular weight excluding hydrogens is 486 g/mol. The molecule has 35 heavy (non-hydrogen) atoms. The molecular formula is C26H24ClN3O4S. The number of halogens is 1. The first kappa shape index (κ1) is 23.3. The van der Waals surface area contributed by atoms with E-state index in [1.54, 1.807) is 50.6 Å². The number of nitrogens with one attached hydrogen (secondary N) is 2. The second kappa shape index (κ2) is 8.94. The average molecular weight is 510 g/mol. The summed E-state index contributed by atoms with van der Waals surface area (Å²) in [6.45, 7) is 1.87. The zero-order valence-corrected chi connectivity index (χ0v) is 20.9. The van der Waals surface area contributed by atoms with Crippen molar-refractivity contribution in [2.24, 2.45) is 5.92 Å². The Morgan fingerprint density at radius 1 is 1.09 bits per heavy atom. The summed E-state index contributed by atoms with van der Waals surface area (Å²) in [5.41, 5.74) is 1.02. The third-order valence-electron chi connectivity index (χ3n) is 6.41. The fraction of sp³-hybridized carbons (Fsp3) is 0.231. The van der Waals surface area contributed by atoms with Gasteiger partial charge in [0.25, 0.3) is 0 Å². The minimum atomic E-state index is -1.14. The minimum absolute atomic E-state index is 0.224. The number of methoxy groups -OCH3 is 2. The number of thiocarbonyl (C=S) groups is 1. The lowest BCUT2D eigenvalue weighted by atomic mass is 9.78. The molecule has 180 valence electrons. The van der Waals surface area contributed by atoms with Crippen LogP contribution in [-0.2, 0) is 4.79 Å². The Morgan fingerprint density at radius 3 is 2.49 bits per heavy atom. The fourth-order valence-corrected chi connectivity index (χ4v) is 5.39. The van der Waals surface area contributed by atoms with Crippen LogP contribution in [0.15, 0.2) is 66.7 Å². The Hall–Kier alpha value is -3.49. The number of carbonyl (C=O) groups is 1. The summed E-state index contributed by atoms with van der Waals surface area (Å²) in [7, 11) is 3.20. The molecule has 1 fully saturated rings. The molecule has 0 radical (unpaired) electrons. The van der Waals surface area contributed by atoms with Crippen molar-refractivity contribution in [2.45, 2.75) is 18.7 Å². The van der Waals surface area contributed by atoms with Gasteiger partial charge in [0.05, 0.1) is 20.3 Å². The third kappa shape index (κ3) is 4.02. The maximum absolute atomic E-state index is 13.9. The number of carbonyl (C=O) groups excluding carboxylic acids is 1. The number of hydrogen-bond donors (Lipinski definition) is 2. The van der Waals surface area contributed by atoms with E-state index in [-0.39, 0.29) is 5.91 Å². The highest BCUT2D eigenvalue weighted by Gasteiger charge is 2.59. The van der Waals surface area contributed by atoms with Crippen molar-refractivity contribution in [1.29, 1.82) is 0 Å². The van der Waals surface area contributed by atoms with Crippen molar-refractivity contribution in [3.05, 3.63) is 77.3 Å². The maximum atomic E-state index is 13.9. The molecule has 2 aliphatic rings. The highest BCUT2D eigenvalue weighted by atomic mass is 35.5. The lowest BCUT2D eigenvalue weighted by Gasteiger charge is -2.56. The average Bonchev–Trinajstić information content (AvgIpc) is 2.83. The van der Waals surface area contributed by atoms with E-state index in [4.69, 9.17) is 38.0 Å². The molecule has 1 saturated heterocycles. The molecule has 0 aliphatic carbocycles. The highest BCUT2D eigenvalue weighted by Crippen LogP contribution is 2.50. The van der Waals surface area contributed by atoms with Crippen LogP contribution in [-0.4, -0.2) is 31.0 Å². The highest BCUT2D eigenvalue weighted by molar-refractivity contribution is 7.80. The molecule has 3 atom stereocenters. The van der Waals surface area contributed by atoms with Gasteiger partial charge in [-0.05, 0) is 79.8 Å². The molecule has 7 nitrogen and oxygen atoms in total. The zero-order chi connectivity index (χ0) is 24.7. The van der Waals surface area contributed by atoms with Crippen LogP contribution in [0, 0.1) is 5.92 Å². The number of rotatable bonds is 5. The first-order valence-electron chi connectivity index (χ1n) is 11.0. The number of anilines is 2. The normalized spacial score (nSPS) is 22.4. The predicted molar refractivity (Wildman–Crippen MR) is 140 cm³/mol. The van der Waals surface area contributed by atoms with E-state index in [0.29, 0.717) is 33.1 Å². The van der Waals surface area contributed by atoms with Crippen LogP contribution in [0.2, 0.25) is 5.02 Å². The SMILES string of the molecule is COc1ccc(NC(=O)[C@@H]2[C@@H]3NC(=S)N(c4cccc(Cl)c4)[C@@]2(C)Oc2ccc(OC)cc23)cc1. The fourth-order valence-electron chi connectivity index (χ4n) is 4.79. The molecule has 2 heterocycles. The lowest BCUT2D eigenvalue weighted by molar-refractivity contribution is -0.130. The van der Waals surface area contributed by atoms with Crippen LogP contribution < -0.4 is 29.7 Å². The second-order valence-electron chi connectivity index (χ2n) is 8.50.